The van der Waals surface area contributed by atoms with Crippen molar-refractivity contribution in [3.05, 3.63) is 15.8 Å². The first-order chi connectivity index (χ1) is 8.79. The van der Waals surface area contributed by atoms with E-state index in [2.05, 4.69) is 5.32 Å². The molecule has 1 aliphatic heterocycles. The zero-order chi connectivity index (χ0) is 14.2. The number of carbonyl (C=O) groups is 1. The Morgan fingerprint density at radius 1 is 1.53 bits per heavy atom. The van der Waals surface area contributed by atoms with Crippen LogP contribution in [0.25, 0.3) is 0 Å². The first-order valence-electron chi connectivity index (χ1n) is 6.17. The maximum atomic E-state index is 11.9. The number of nitrogens with zero attached hydrogens (tertiary/aromatic N) is 1. The molecule has 1 aromatic rings. The molecule has 1 aromatic heterocycles. The summed E-state index contributed by atoms with van der Waals surface area (Å²) >= 11 is 1.38. The summed E-state index contributed by atoms with van der Waals surface area (Å²) in [6.07, 6.45) is 1.88. The predicted molar refractivity (Wildman–Crippen MR) is 77.4 cm³/mol. The van der Waals surface area contributed by atoms with E-state index in [-0.39, 0.29) is 5.91 Å². The summed E-state index contributed by atoms with van der Waals surface area (Å²) in [5.74, 6) is 0.268. The molecule has 0 saturated heterocycles. The van der Waals surface area contributed by atoms with Gasteiger partial charge in [0.15, 0.2) is 0 Å². The van der Waals surface area contributed by atoms with Crippen LogP contribution in [0.2, 0.25) is 0 Å². The fraction of sp³-hybridized carbons (Fsp3) is 0.583. The minimum absolute atomic E-state index is 0.124. The van der Waals surface area contributed by atoms with Crippen molar-refractivity contribution in [1.82, 2.24) is 5.32 Å². The Bertz CT molecular complexity index is 590. The minimum atomic E-state index is -3.25. The molecule has 0 aliphatic carbocycles. The summed E-state index contributed by atoms with van der Waals surface area (Å²) in [6, 6.07) is 1.68. The first-order valence-corrected chi connectivity index (χ1v) is 8.84. The SMILES string of the molecule is CC(C)CNC(=O)c1cc2c(s1)CCN2S(C)(=O)=O. The zero-order valence-electron chi connectivity index (χ0n) is 11.3. The summed E-state index contributed by atoms with van der Waals surface area (Å²) in [5, 5.41) is 2.84. The van der Waals surface area contributed by atoms with Gasteiger partial charge < -0.3 is 5.32 Å². The molecule has 19 heavy (non-hydrogen) atoms. The molecule has 2 heterocycles. The minimum Gasteiger partial charge on any atom is -0.351 e. The number of hydrogen-bond acceptors (Lipinski definition) is 4. The number of thiophene rings is 1. The second-order valence-electron chi connectivity index (χ2n) is 5.11. The lowest BCUT2D eigenvalue weighted by Crippen LogP contribution is -2.28. The van der Waals surface area contributed by atoms with Crippen LogP contribution in [0, 0.1) is 5.92 Å². The van der Waals surface area contributed by atoms with E-state index < -0.39 is 10.0 Å². The third-order valence-electron chi connectivity index (χ3n) is 2.89. The molecule has 0 bridgehead atoms. The van der Waals surface area contributed by atoms with Crippen molar-refractivity contribution in [2.24, 2.45) is 5.92 Å². The zero-order valence-corrected chi connectivity index (χ0v) is 12.9. The molecule has 7 heteroatoms. The highest BCUT2D eigenvalue weighted by atomic mass is 32.2. The summed E-state index contributed by atoms with van der Waals surface area (Å²) in [6.45, 7) is 5.16. The number of nitrogens with one attached hydrogen (secondary N) is 1. The van der Waals surface area contributed by atoms with Gasteiger partial charge in [-0.15, -0.1) is 11.3 Å². The second-order valence-corrected chi connectivity index (χ2v) is 8.15. The molecular weight excluding hydrogens is 284 g/mol. The predicted octanol–water partition coefficient (Wildman–Crippen LogP) is 1.46. The number of amides is 1. The first kappa shape index (κ1) is 14.3. The monoisotopic (exact) mass is 302 g/mol. The Hall–Kier alpha value is -1.08. The van der Waals surface area contributed by atoms with Gasteiger partial charge in [0.25, 0.3) is 5.91 Å². The van der Waals surface area contributed by atoms with E-state index in [4.69, 9.17) is 0 Å². The molecule has 5 nitrogen and oxygen atoms in total. The Labute approximate surface area is 117 Å². The van der Waals surface area contributed by atoms with Crippen molar-refractivity contribution in [2.75, 3.05) is 23.7 Å². The van der Waals surface area contributed by atoms with Crippen LogP contribution in [-0.2, 0) is 16.4 Å². The van der Waals surface area contributed by atoms with E-state index in [1.54, 1.807) is 6.07 Å². The molecular formula is C12H18N2O3S2. The van der Waals surface area contributed by atoms with E-state index in [0.29, 0.717) is 36.0 Å². The molecule has 1 N–H and O–H groups in total. The van der Waals surface area contributed by atoms with Gasteiger partial charge in [0, 0.05) is 24.4 Å². The van der Waals surface area contributed by atoms with E-state index >= 15 is 0 Å². The standard InChI is InChI=1S/C12H18N2O3S2/c1-8(2)7-13-12(15)11-6-9-10(18-11)4-5-14(9)19(3,16)17/h6,8H,4-5,7H2,1-3H3,(H,13,15). The van der Waals surface area contributed by atoms with Gasteiger partial charge in [-0.2, -0.15) is 0 Å². The lowest BCUT2D eigenvalue weighted by atomic mass is 10.2. The van der Waals surface area contributed by atoms with Crippen molar-refractivity contribution < 1.29 is 13.2 Å². The molecule has 1 amide bonds. The van der Waals surface area contributed by atoms with Gasteiger partial charge in [-0.05, 0) is 12.0 Å². The molecule has 0 fully saturated rings. The number of rotatable bonds is 4. The summed E-state index contributed by atoms with van der Waals surface area (Å²) in [7, 11) is -3.25. The molecule has 0 unspecified atom stereocenters. The largest absolute Gasteiger partial charge is 0.351 e. The van der Waals surface area contributed by atoms with Crippen molar-refractivity contribution >= 4 is 33.0 Å². The molecule has 0 spiro atoms. The Morgan fingerprint density at radius 3 is 2.79 bits per heavy atom. The Morgan fingerprint density at radius 2 is 2.21 bits per heavy atom. The van der Waals surface area contributed by atoms with Gasteiger partial charge in [0.1, 0.15) is 0 Å². The summed E-state index contributed by atoms with van der Waals surface area (Å²) in [4.78, 5) is 13.5. The maximum absolute atomic E-state index is 11.9. The molecule has 0 radical (unpaired) electrons. The highest BCUT2D eigenvalue weighted by Crippen LogP contribution is 2.37. The molecule has 106 valence electrons. The molecule has 0 saturated carbocycles. The molecule has 0 aromatic carbocycles. The van der Waals surface area contributed by atoms with Crippen LogP contribution in [0.3, 0.4) is 0 Å². The molecule has 0 atom stereocenters. The third kappa shape index (κ3) is 3.09. The van der Waals surface area contributed by atoms with E-state index in [1.165, 1.54) is 21.9 Å². The number of anilines is 1. The van der Waals surface area contributed by atoms with E-state index in [9.17, 15) is 13.2 Å². The topological polar surface area (TPSA) is 66.5 Å². The van der Waals surface area contributed by atoms with Crippen molar-refractivity contribution in [3.63, 3.8) is 0 Å². The van der Waals surface area contributed by atoms with Crippen molar-refractivity contribution in [1.29, 1.82) is 0 Å². The van der Waals surface area contributed by atoms with Crippen LogP contribution in [0.1, 0.15) is 28.4 Å². The Kier molecular flexibility index (Phi) is 3.87. The third-order valence-corrected chi connectivity index (χ3v) is 5.26. The Balaban J connectivity index is 2.18. The summed E-state index contributed by atoms with van der Waals surface area (Å²) < 4.78 is 24.6. The average Bonchev–Trinajstić information content (AvgIpc) is 2.82. The molecule has 2 rings (SSSR count). The van der Waals surface area contributed by atoms with Gasteiger partial charge >= 0.3 is 0 Å². The summed E-state index contributed by atoms with van der Waals surface area (Å²) in [5.41, 5.74) is 0.669. The van der Waals surface area contributed by atoms with Gasteiger partial charge in [-0.3, -0.25) is 9.10 Å². The highest BCUT2D eigenvalue weighted by Gasteiger charge is 2.29. The van der Waals surface area contributed by atoms with E-state index in [1.807, 2.05) is 13.8 Å². The quantitative estimate of drug-likeness (QED) is 0.915. The van der Waals surface area contributed by atoms with Crippen LogP contribution in [0.15, 0.2) is 6.07 Å². The lowest BCUT2D eigenvalue weighted by molar-refractivity contribution is 0.0953. The smallest absolute Gasteiger partial charge is 0.261 e. The average molecular weight is 302 g/mol. The second kappa shape index (κ2) is 5.13. The lowest BCUT2D eigenvalue weighted by Gasteiger charge is -2.14. The number of carbonyl (C=O) groups excluding carboxylic acids is 1. The van der Waals surface area contributed by atoms with Crippen LogP contribution < -0.4 is 9.62 Å². The number of hydrogen-bond donors (Lipinski definition) is 1. The van der Waals surface area contributed by atoms with Gasteiger partial charge in [0.05, 0.1) is 16.8 Å². The van der Waals surface area contributed by atoms with Crippen LogP contribution in [-0.4, -0.2) is 33.7 Å². The fourth-order valence-corrected chi connectivity index (χ4v) is 4.04. The number of fused-ring (bicyclic) bond motifs is 1. The van der Waals surface area contributed by atoms with Crippen LogP contribution >= 0.6 is 11.3 Å². The highest BCUT2D eigenvalue weighted by molar-refractivity contribution is 7.92. The van der Waals surface area contributed by atoms with Gasteiger partial charge in [-0.1, -0.05) is 13.8 Å². The molecule has 1 aliphatic rings. The van der Waals surface area contributed by atoms with Crippen LogP contribution in [0.5, 0.6) is 0 Å². The fourth-order valence-electron chi connectivity index (χ4n) is 1.97. The maximum Gasteiger partial charge on any atom is 0.261 e. The van der Waals surface area contributed by atoms with Crippen molar-refractivity contribution in [2.45, 2.75) is 20.3 Å². The normalized spacial score (nSPS) is 14.8. The van der Waals surface area contributed by atoms with Crippen molar-refractivity contribution in [3.8, 4) is 0 Å². The number of sulfonamides is 1. The van der Waals surface area contributed by atoms with Gasteiger partial charge in [-0.25, -0.2) is 8.42 Å². The van der Waals surface area contributed by atoms with Crippen LogP contribution in [0.4, 0.5) is 5.69 Å². The van der Waals surface area contributed by atoms with Gasteiger partial charge in [0.2, 0.25) is 10.0 Å². The van der Waals surface area contributed by atoms with E-state index in [0.717, 1.165) is 4.88 Å².